The van der Waals surface area contributed by atoms with Gasteiger partial charge in [0, 0.05) is 26.3 Å². The van der Waals surface area contributed by atoms with Gasteiger partial charge in [0.05, 0.1) is 5.70 Å². The lowest BCUT2D eigenvalue weighted by atomic mass is 10.1. The molecule has 0 aliphatic carbocycles. The summed E-state index contributed by atoms with van der Waals surface area (Å²) in [5.74, 6) is -0.132. The normalized spacial score (nSPS) is 15.2. The Bertz CT molecular complexity index is 1100. The van der Waals surface area contributed by atoms with Gasteiger partial charge in [-0.15, -0.1) is 0 Å². The predicted octanol–water partition coefficient (Wildman–Crippen LogP) is 7.12. The van der Waals surface area contributed by atoms with Crippen molar-refractivity contribution < 1.29 is 4.79 Å². The maximum atomic E-state index is 13.3. The highest BCUT2D eigenvalue weighted by molar-refractivity contribution is 6.36. The average Bonchev–Trinajstić information content (AvgIpc) is 3.02. The van der Waals surface area contributed by atoms with Gasteiger partial charge in [-0.2, -0.15) is 0 Å². The van der Waals surface area contributed by atoms with E-state index in [-0.39, 0.29) is 5.91 Å². The summed E-state index contributed by atoms with van der Waals surface area (Å²) in [6, 6.07) is 22.2. The summed E-state index contributed by atoms with van der Waals surface area (Å²) in [4.78, 5) is 14.9. The van der Waals surface area contributed by atoms with Crippen LogP contribution < -0.4 is 4.90 Å². The molecule has 0 aromatic heterocycles. The van der Waals surface area contributed by atoms with Gasteiger partial charge in [0.25, 0.3) is 5.91 Å². The van der Waals surface area contributed by atoms with E-state index < -0.39 is 0 Å². The highest BCUT2D eigenvalue weighted by Crippen LogP contribution is 2.36. The topological polar surface area (TPSA) is 20.3 Å². The number of halogens is 3. The Hall–Kier alpha value is -2.52. The second-order valence-electron chi connectivity index (χ2n) is 6.28. The lowest BCUT2D eigenvalue weighted by molar-refractivity contribution is -0.113. The molecule has 1 aliphatic rings. The molecule has 0 fully saturated rings. The molecule has 3 aromatic carbocycles. The Morgan fingerprint density at radius 3 is 2.14 bits per heavy atom. The summed E-state index contributed by atoms with van der Waals surface area (Å²) in [7, 11) is 0. The highest BCUT2D eigenvalue weighted by Gasteiger charge is 2.30. The lowest BCUT2D eigenvalue weighted by Crippen LogP contribution is -2.24. The molecule has 0 unspecified atom stereocenters. The van der Waals surface area contributed by atoms with Crippen molar-refractivity contribution in [3.8, 4) is 0 Å². The molecule has 1 amide bonds. The third kappa shape index (κ3) is 3.72. The minimum Gasteiger partial charge on any atom is -0.276 e. The summed E-state index contributed by atoms with van der Waals surface area (Å²) in [6.07, 6.45) is 3.65. The van der Waals surface area contributed by atoms with Crippen LogP contribution in [-0.2, 0) is 4.79 Å². The first-order valence-corrected chi connectivity index (χ1v) is 9.70. The zero-order valence-electron chi connectivity index (χ0n) is 14.6. The maximum Gasteiger partial charge on any atom is 0.262 e. The summed E-state index contributed by atoms with van der Waals surface area (Å²) in [5.41, 5.74) is 3.75. The SMILES string of the molecule is O=C1/C(=C/c2ccc(Cl)cc2Cl)C=C(c2ccccc2)N1c1ccc(Cl)cc1. The molecule has 0 saturated carbocycles. The van der Waals surface area contributed by atoms with Crippen molar-refractivity contribution in [2.24, 2.45) is 0 Å². The van der Waals surface area contributed by atoms with Crippen molar-refractivity contribution in [2.75, 3.05) is 4.90 Å². The van der Waals surface area contributed by atoms with Crippen LogP contribution >= 0.6 is 34.8 Å². The number of nitrogens with zero attached hydrogens (tertiary/aromatic N) is 1. The standard InChI is InChI=1S/C23H14Cl3NO/c24-18-8-10-20(11-9-18)27-22(15-4-2-1-3-5-15)13-17(23(27)28)12-16-6-7-19(25)14-21(16)26/h1-14H/b17-12+. The van der Waals surface area contributed by atoms with Crippen LogP contribution in [0.15, 0.2) is 84.4 Å². The van der Waals surface area contributed by atoms with Crippen LogP contribution in [0, 0.1) is 0 Å². The van der Waals surface area contributed by atoms with Crippen LogP contribution in [-0.4, -0.2) is 5.91 Å². The Labute approximate surface area is 178 Å². The zero-order chi connectivity index (χ0) is 19.7. The molecule has 0 atom stereocenters. The van der Waals surface area contributed by atoms with Crippen LogP contribution in [0.4, 0.5) is 5.69 Å². The van der Waals surface area contributed by atoms with E-state index in [4.69, 9.17) is 34.8 Å². The fourth-order valence-corrected chi connectivity index (χ4v) is 3.66. The highest BCUT2D eigenvalue weighted by atomic mass is 35.5. The van der Waals surface area contributed by atoms with Gasteiger partial charge >= 0.3 is 0 Å². The largest absolute Gasteiger partial charge is 0.276 e. The van der Waals surface area contributed by atoms with E-state index >= 15 is 0 Å². The molecule has 28 heavy (non-hydrogen) atoms. The zero-order valence-corrected chi connectivity index (χ0v) is 16.8. The average molecular weight is 427 g/mol. The lowest BCUT2D eigenvalue weighted by Gasteiger charge is -2.21. The second kappa shape index (κ2) is 7.84. The molecule has 1 aliphatic heterocycles. The maximum absolute atomic E-state index is 13.3. The fourth-order valence-electron chi connectivity index (χ4n) is 3.07. The minimum absolute atomic E-state index is 0.132. The molecule has 0 N–H and O–H groups in total. The van der Waals surface area contributed by atoms with Crippen molar-refractivity contribution in [3.63, 3.8) is 0 Å². The second-order valence-corrected chi connectivity index (χ2v) is 7.56. The van der Waals surface area contributed by atoms with Crippen LogP contribution in [0.25, 0.3) is 11.8 Å². The molecular weight excluding hydrogens is 413 g/mol. The van der Waals surface area contributed by atoms with Gasteiger partial charge in [0.15, 0.2) is 0 Å². The number of carbonyl (C=O) groups excluding carboxylic acids is 1. The van der Waals surface area contributed by atoms with E-state index in [9.17, 15) is 4.79 Å². The number of benzene rings is 3. The molecule has 2 nitrogen and oxygen atoms in total. The van der Waals surface area contributed by atoms with Crippen molar-refractivity contribution in [1.29, 1.82) is 0 Å². The molecule has 0 saturated heterocycles. The van der Waals surface area contributed by atoms with Crippen molar-refractivity contribution >= 4 is 58.2 Å². The summed E-state index contributed by atoms with van der Waals surface area (Å²) in [6.45, 7) is 0. The Kier molecular flexibility index (Phi) is 5.27. The Morgan fingerprint density at radius 1 is 0.786 bits per heavy atom. The van der Waals surface area contributed by atoms with Crippen LogP contribution in [0.1, 0.15) is 11.1 Å². The smallest absolute Gasteiger partial charge is 0.262 e. The Balaban J connectivity index is 1.83. The van der Waals surface area contributed by atoms with Crippen LogP contribution in [0.3, 0.4) is 0 Å². The number of anilines is 1. The quantitative estimate of drug-likeness (QED) is 0.408. The molecule has 1 heterocycles. The number of rotatable bonds is 3. The summed E-state index contributed by atoms with van der Waals surface area (Å²) in [5, 5.41) is 1.66. The molecule has 0 spiro atoms. The van der Waals surface area contributed by atoms with Crippen molar-refractivity contribution in [3.05, 3.63) is 111 Å². The van der Waals surface area contributed by atoms with E-state index in [0.717, 1.165) is 22.5 Å². The summed E-state index contributed by atoms with van der Waals surface area (Å²) >= 11 is 18.3. The molecule has 3 aromatic rings. The molecule has 5 heteroatoms. The molecule has 0 radical (unpaired) electrons. The van der Waals surface area contributed by atoms with E-state index in [1.165, 1.54) is 0 Å². The Morgan fingerprint density at radius 2 is 1.46 bits per heavy atom. The third-order valence-corrected chi connectivity index (χ3v) is 5.23. The first-order chi connectivity index (χ1) is 13.5. The van der Waals surface area contributed by atoms with Gasteiger partial charge in [0.1, 0.15) is 0 Å². The monoisotopic (exact) mass is 425 g/mol. The van der Waals surface area contributed by atoms with Gasteiger partial charge in [-0.05, 0) is 59.7 Å². The van der Waals surface area contributed by atoms with Crippen LogP contribution in [0.5, 0.6) is 0 Å². The van der Waals surface area contributed by atoms with Gasteiger partial charge in [-0.25, -0.2) is 0 Å². The van der Waals surface area contributed by atoms with E-state index in [0.29, 0.717) is 20.6 Å². The number of amides is 1. The molecular formula is C23H14Cl3NO. The van der Waals surface area contributed by atoms with E-state index in [1.807, 2.05) is 48.5 Å². The van der Waals surface area contributed by atoms with Crippen molar-refractivity contribution in [2.45, 2.75) is 0 Å². The molecule has 138 valence electrons. The van der Waals surface area contributed by atoms with Gasteiger partial charge in [-0.3, -0.25) is 9.69 Å². The van der Waals surface area contributed by atoms with E-state index in [2.05, 4.69) is 0 Å². The van der Waals surface area contributed by atoms with E-state index in [1.54, 1.807) is 41.3 Å². The molecule has 4 rings (SSSR count). The molecule has 0 bridgehead atoms. The first-order valence-electron chi connectivity index (χ1n) is 8.57. The number of hydrogen-bond acceptors (Lipinski definition) is 1. The minimum atomic E-state index is -0.132. The van der Waals surface area contributed by atoms with Crippen molar-refractivity contribution in [1.82, 2.24) is 0 Å². The van der Waals surface area contributed by atoms with Gasteiger partial charge < -0.3 is 0 Å². The fraction of sp³-hybridized carbons (Fsp3) is 0. The van der Waals surface area contributed by atoms with Crippen LogP contribution in [0.2, 0.25) is 15.1 Å². The first kappa shape index (κ1) is 18.8. The number of hydrogen-bond donors (Lipinski definition) is 0. The summed E-state index contributed by atoms with van der Waals surface area (Å²) < 4.78 is 0. The number of carbonyl (C=O) groups is 1. The van der Waals surface area contributed by atoms with Gasteiger partial charge in [-0.1, -0.05) is 71.2 Å². The third-order valence-electron chi connectivity index (χ3n) is 4.41. The van der Waals surface area contributed by atoms with Gasteiger partial charge in [0.2, 0.25) is 0 Å². The predicted molar refractivity (Wildman–Crippen MR) is 118 cm³/mol.